The highest BCUT2D eigenvalue weighted by atomic mass is 35.5. The minimum atomic E-state index is -0.744. The van der Waals surface area contributed by atoms with Crippen molar-refractivity contribution in [3.8, 4) is 0 Å². The van der Waals surface area contributed by atoms with E-state index in [0.717, 1.165) is 116 Å². The lowest BCUT2D eigenvalue weighted by Gasteiger charge is -2.22. The molecule has 4 atom stereocenters. The molecule has 0 saturated carbocycles. The Balaban J connectivity index is 3.82. The highest BCUT2D eigenvalue weighted by molar-refractivity contribution is 6.26. The summed E-state index contributed by atoms with van der Waals surface area (Å²) in [6.45, 7) is 3.85. The largest absolute Gasteiger partial charge is 0.459 e. The number of aliphatic hydroxyl groups excluding tert-OH is 2. The van der Waals surface area contributed by atoms with Crippen molar-refractivity contribution in [3.05, 3.63) is 24.3 Å². The van der Waals surface area contributed by atoms with Crippen molar-refractivity contribution in [2.24, 2.45) is 0 Å². The number of allylic oxidation sites excluding steroid dienone is 2. The molecule has 0 rings (SSSR count). The molecule has 0 spiro atoms. The summed E-state index contributed by atoms with van der Waals surface area (Å²) in [7, 11) is 0. The molecule has 12 heteroatoms. The topological polar surface area (TPSA) is 146 Å². The zero-order valence-corrected chi connectivity index (χ0v) is 34.1. The van der Waals surface area contributed by atoms with Gasteiger partial charge in [-0.1, -0.05) is 102 Å². The Morgan fingerprint density at radius 1 is 0.509 bits per heavy atom. The van der Waals surface area contributed by atoms with Gasteiger partial charge in [0, 0.05) is 12.8 Å². The van der Waals surface area contributed by atoms with E-state index < -0.39 is 36.4 Å². The molecule has 53 heavy (non-hydrogen) atoms. The van der Waals surface area contributed by atoms with Crippen molar-refractivity contribution < 1.29 is 48.3 Å². The van der Waals surface area contributed by atoms with Gasteiger partial charge in [-0.3, -0.25) is 19.2 Å². The molecule has 4 unspecified atom stereocenters. The maximum atomic E-state index is 12.0. The van der Waals surface area contributed by atoms with Crippen LogP contribution < -0.4 is 0 Å². The first kappa shape index (κ1) is 50.9. The molecule has 2 N–H and O–H groups in total. The van der Waals surface area contributed by atoms with Crippen molar-refractivity contribution in [2.45, 2.75) is 192 Å². The third kappa shape index (κ3) is 31.9. The Bertz CT molecular complexity index is 914. The lowest BCUT2D eigenvalue weighted by atomic mass is 10.0. The lowest BCUT2D eigenvalue weighted by molar-refractivity contribution is -0.167. The Kier molecular flexibility index (Phi) is 35.3. The molecule has 0 aliphatic rings. The van der Waals surface area contributed by atoms with Gasteiger partial charge in [-0.05, 0) is 77.0 Å². The lowest BCUT2D eigenvalue weighted by Crippen LogP contribution is -2.31. The highest BCUT2D eigenvalue weighted by Gasteiger charge is 2.23. The minimum absolute atomic E-state index is 0.219. The van der Waals surface area contributed by atoms with Crippen molar-refractivity contribution >= 4 is 47.1 Å². The summed E-state index contributed by atoms with van der Waals surface area (Å²) >= 11 is 11.1. The second-order valence-corrected chi connectivity index (χ2v) is 14.2. The monoisotopic (exact) mass is 792 g/mol. The zero-order chi connectivity index (χ0) is 39.4. The number of hydrogen-bond acceptors (Lipinski definition) is 10. The third-order valence-corrected chi connectivity index (χ3v) is 9.29. The summed E-state index contributed by atoms with van der Waals surface area (Å²) in [5, 5.41) is 20.9. The zero-order valence-electron chi connectivity index (χ0n) is 32.6. The molecule has 10 nitrogen and oxygen atoms in total. The minimum Gasteiger partial charge on any atom is -0.459 e. The van der Waals surface area contributed by atoms with Crippen LogP contribution in [0, 0.1) is 0 Å². The molecule has 0 aromatic rings. The fourth-order valence-corrected chi connectivity index (χ4v) is 5.82. The molecule has 0 fully saturated rings. The normalized spacial score (nSPS) is 13.8. The number of halogens is 2. The highest BCUT2D eigenvalue weighted by Crippen LogP contribution is 2.17. The molecule has 0 aromatic heterocycles. The van der Waals surface area contributed by atoms with Crippen molar-refractivity contribution in [3.63, 3.8) is 0 Å². The van der Waals surface area contributed by atoms with E-state index in [1.165, 1.54) is 0 Å². The van der Waals surface area contributed by atoms with Gasteiger partial charge in [0.25, 0.3) is 0 Å². The van der Waals surface area contributed by atoms with E-state index in [1.54, 1.807) is 0 Å². The summed E-state index contributed by atoms with van der Waals surface area (Å²) in [6.07, 6.45) is 25.2. The van der Waals surface area contributed by atoms with E-state index in [4.69, 9.17) is 42.1 Å². The number of carbonyl (C=O) groups is 4. The van der Waals surface area contributed by atoms with Gasteiger partial charge in [0.05, 0.1) is 12.2 Å². The van der Waals surface area contributed by atoms with Crippen LogP contribution in [-0.2, 0) is 38.1 Å². The summed E-state index contributed by atoms with van der Waals surface area (Å²) < 4.78 is 20.7. The molecular formula is C41H70Cl2O10. The van der Waals surface area contributed by atoms with Crippen LogP contribution >= 0.6 is 23.2 Å². The maximum Gasteiger partial charge on any atom is 0.321 e. The quantitative estimate of drug-likeness (QED) is 0.0157. The average molecular weight is 794 g/mol. The Labute approximate surface area is 329 Å². The van der Waals surface area contributed by atoms with Gasteiger partial charge in [0.1, 0.15) is 24.0 Å². The van der Waals surface area contributed by atoms with Crippen molar-refractivity contribution in [1.82, 2.24) is 0 Å². The average Bonchev–Trinajstić information content (AvgIpc) is 3.15. The second-order valence-electron chi connectivity index (χ2n) is 13.6. The van der Waals surface area contributed by atoms with E-state index in [0.29, 0.717) is 38.5 Å². The van der Waals surface area contributed by atoms with E-state index >= 15 is 0 Å². The van der Waals surface area contributed by atoms with E-state index in [9.17, 15) is 29.4 Å². The molecule has 0 aromatic carbocycles. The molecule has 0 radical (unpaired) electrons. The van der Waals surface area contributed by atoms with Crippen LogP contribution in [0.4, 0.5) is 0 Å². The summed E-state index contributed by atoms with van der Waals surface area (Å²) in [4.78, 5) is 47.1. The maximum absolute atomic E-state index is 12.0. The number of alkyl halides is 2. The molecule has 0 saturated heterocycles. The van der Waals surface area contributed by atoms with Crippen LogP contribution in [0.2, 0.25) is 0 Å². The van der Waals surface area contributed by atoms with Crippen molar-refractivity contribution in [1.29, 1.82) is 0 Å². The van der Waals surface area contributed by atoms with Crippen LogP contribution in [0.25, 0.3) is 0 Å². The first-order valence-electron chi connectivity index (χ1n) is 20.2. The summed E-state index contributed by atoms with van der Waals surface area (Å²) in [5.74, 6) is -2.18. The van der Waals surface area contributed by atoms with Gasteiger partial charge in [0.2, 0.25) is 6.79 Å². The number of hydrogen-bond donors (Lipinski definition) is 2. The molecule has 308 valence electrons. The van der Waals surface area contributed by atoms with Gasteiger partial charge in [0.15, 0.2) is 0 Å². The number of aliphatic hydroxyl groups is 2. The summed E-state index contributed by atoms with van der Waals surface area (Å²) in [5.41, 5.74) is 0. The molecule has 0 heterocycles. The van der Waals surface area contributed by atoms with Crippen molar-refractivity contribution in [2.75, 3.05) is 18.6 Å². The molecule has 0 aliphatic heterocycles. The number of carbonyl (C=O) groups excluding carboxylic acids is 4. The van der Waals surface area contributed by atoms with Crippen LogP contribution in [0.1, 0.15) is 168 Å². The molecule has 0 aliphatic carbocycles. The van der Waals surface area contributed by atoms with E-state index in [1.807, 2.05) is 24.3 Å². The Morgan fingerprint density at radius 3 is 1.26 bits per heavy atom. The Hall–Kier alpha value is -2.14. The third-order valence-electron chi connectivity index (χ3n) is 8.86. The molecule has 0 bridgehead atoms. The van der Waals surface area contributed by atoms with Gasteiger partial charge < -0.3 is 29.2 Å². The smallest absolute Gasteiger partial charge is 0.321 e. The van der Waals surface area contributed by atoms with Gasteiger partial charge in [-0.15, -0.1) is 23.2 Å². The standard InChI is InChI=1S/C41H70Cl2O10/c1-3-5-19-27-36(52-40(48)31-42)34(44)25-21-15-11-7-9-13-17-23-29-38(46)50-33-51-39(47)30-24-18-14-10-8-12-16-22-26-35(45)37(28-20-6-4-2)53-41(49)32-43/h15-16,21-22,34-37,44-45H,3-14,17-20,23-33H2,1-2H3/b21-15-,22-16-. The fraction of sp³-hybridized carbons (Fsp3) is 0.805. The number of unbranched alkanes of at least 4 members (excludes halogenated alkanes) is 14. The SMILES string of the molecule is CCCCCC(OC(=O)CCl)C(O)C/C=C\CCCCCCCC(=O)OCOC(=O)CCCCCCC/C=C\CC(O)C(CCCCC)OC(=O)CCl. The van der Waals surface area contributed by atoms with E-state index in [2.05, 4.69) is 13.8 Å². The predicted molar refractivity (Wildman–Crippen MR) is 211 cm³/mol. The number of ether oxygens (including phenoxy) is 4. The predicted octanol–water partition coefficient (Wildman–Crippen LogP) is 9.57. The van der Waals surface area contributed by atoms with Gasteiger partial charge >= 0.3 is 23.9 Å². The van der Waals surface area contributed by atoms with Crippen LogP contribution in [0.15, 0.2) is 24.3 Å². The van der Waals surface area contributed by atoms with Gasteiger partial charge in [-0.25, -0.2) is 0 Å². The van der Waals surface area contributed by atoms with Gasteiger partial charge in [-0.2, -0.15) is 0 Å². The van der Waals surface area contributed by atoms with E-state index in [-0.39, 0.29) is 30.5 Å². The summed E-state index contributed by atoms with van der Waals surface area (Å²) in [6, 6.07) is 0. The number of esters is 4. The fourth-order valence-electron chi connectivity index (χ4n) is 5.69. The molecule has 0 amide bonds. The Morgan fingerprint density at radius 2 is 0.887 bits per heavy atom. The van der Waals surface area contributed by atoms with Crippen LogP contribution in [0.3, 0.4) is 0 Å². The van der Waals surface area contributed by atoms with Crippen LogP contribution in [0.5, 0.6) is 0 Å². The first-order chi connectivity index (χ1) is 25.7. The second kappa shape index (κ2) is 36.8. The number of rotatable bonds is 36. The molecular weight excluding hydrogens is 723 g/mol. The van der Waals surface area contributed by atoms with Crippen LogP contribution in [-0.4, -0.2) is 77.1 Å². The first-order valence-corrected chi connectivity index (χ1v) is 21.2.